The van der Waals surface area contributed by atoms with E-state index in [4.69, 9.17) is 9.26 Å². The van der Waals surface area contributed by atoms with Crippen molar-refractivity contribution in [2.45, 2.75) is 45.5 Å². The fourth-order valence-corrected chi connectivity index (χ4v) is 4.45. The van der Waals surface area contributed by atoms with E-state index in [0.717, 1.165) is 22.7 Å². The van der Waals surface area contributed by atoms with Crippen LogP contribution in [-0.2, 0) is 10.9 Å². The third-order valence-corrected chi connectivity index (χ3v) is 6.01. The molecule has 0 amide bonds. The Morgan fingerprint density at radius 2 is 1.91 bits per heavy atom. The Morgan fingerprint density at radius 1 is 1.11 bits per heavy atom. The minimum atomic E-state index is -4.56. The van der Waals surface area contributed by atoms with Crippen LogP contribution in [0.1, 0.15) is 33.3 Å². The van der Waals surface area contributed by atoms with Gasteiger partial charge in [0.15, 0.2) is 17.2 Å². The number of morpholine rings is 1. The number of hydrogen-bond donors (Lipinski definition) is 1. The van der Waals surface area contributed by atoms with Gasteiger partial charge in [-0.1, -0.05) is 11.2 Å². The molecule has 3 heterocycles. The zero-order valence-corrected chi connectivity index (χ0v) is 19.9. The standard InChI is InChI=1S/C25H26F3N5O2/c1-14-13-34-10-9-33(14)23-18-6-5-15(11-16(18)12-29-31-23)17-7-8-19(25(26,27)28)20-21(17)35-32-22(20)30-24(2,3)4/h5-8,11-12,14H,9-10,13H2,1-4H3,(H,30,32)/t14-/m0/s1. The molecule has 184 valence electrons. The van der Waals surface area contributed by atoms with Gasteiger partial charge >= 0.3 is 6.18 Å². The molecule has 5 rings (SSSR count). The molecule has 0 aliphatic carbocycles. The smallest absolute Gasteiger partial charge is 0.377 e. The van der Waals surface area contributed by atoms with Crippen LogP contribution < -0.4 is 10.2 Å². The highest BCUT2D eigenvalue weighted by Crippen LogP contribution is 2.43. The van der Waals surface area contributed by atoms with Gasteiger partial charge in [-0.3, -0.25) is 0 Å². The highest BCUT2D eigenvalue weighted by atomic mass is 19.4. The van der Waals surface area contributed by atoms with E-state index in [1.807, 2.05) is 39.0 Å². The summed E-state index contributed by atoms with van der Waals surface area (Å²) in [7, 11) is 0. The van der Waals surface area contributed by atoms with Gasteiger partial charge in [0.2, 0.25) is 0 Å². The zero-order chi connectivity index (χ0) is 25.0. The number of aromatic nitrogens is 3. The van der Waals surface area contributed by atoms with Gasteiger partial charge in [-0.05, 0) is 57.5 Å². The molecule has 2 aromatic carbocycles. The monoisotopic (exact) mass is 485 g/mol. The summed E-state index contributed by atoms with van der Waals surface area (Å²) in [5.41, 5.74) is -0.00211. The first-order chi connectivity index (χ1) is 16.5. The van der Waals surface area contributed by atoms with Crippen molar-refractivity contribution in [3.63, 3.8) is 0 Å². The van der Waals surface area contributed by atoms with Crippen LogP contribution in [0.25, 0.3) is 32.9 Å². The molecule has 1 atom stereocenters. The number of benzene rings is 2. The van der Waals surface area contributed by atoms with E-state index in [1.54, 1.807) is 6.20 Å². The molecule has 0 spiro atoms. The number of hydrogen-bond acceptors (Lipinski definition) is 7. The molecule has 10 heteroatoms. The SMILES string of the molecule is C[C@H]1COCCN1c1nncc2cc(-c3ccc(C(F)(F)F)c4c(NC(C)(C)C)noc34)ccc12. The van der Waals surface area contributed by atoms with Gasteiger partial charge in [0.1, 0.15) is 0 Å². The third-order valence-electron chi connectivity index (χ3n) is 6.01. The molecular formula is C25H26F3N5O2. The molecule has 4 aromatic rings. The molecule has 0 unspecified atom stereocenters. The molecule has 1 aliphatic rings. The lowest BCUT2D eigenvalue weighted by molar-refractivity contribution is -0.136. The van der Waals surface area contributed by atoms with Gasteiger partial charge in [-0.2, -0.15) is 18.3 Å². The summed E-state index contributed by atoms with van der Waals surface area (Å²) in [6.07, 6.45) is -2.90. The molecule has 1 N–H and O–H groups in total. The van der Waals surface area contributed by atoms with Crippen LogP contribution >= 0.6 is 0 Å². The lowest BCUT2D eigenvalue weighted by atomic mass is 9.97. The molecule has 1 fully saturated rings. The molecule has 7 nitrogen and oxygen atoms in total. The van der Waals surface area contributed by atoms with E-state index in [-0.39, 0.29) is 22.8 Å². The first-order valence-corrected chi connectivity index (χ1v) is 11.4. The summed E-state index contributed by atoms with van der Waals surface area (Å²) in [5, 5.41) is 17.2. The lowest BCUT2D eigenvalue weighted by Crippen LogP contribution is -2.44. The van der Waals surface area contributed by atoms with Gasteiger partial charge in [0.05, 0.1) is 36.4 Å². The fraction of sp³-hybridized carbons (Fsp3) is 0.400. The maximum absolute atomic E-state index is 13.9. The Labute approximate surface area is 200 Å². The summed E-state index contributed by atoms with van der Waals surface area (Å²) in [6.45, 7) is 9.54. The first kappa shape index (κ1) is 23.3. The Kier molecular flexibility index (Phi) is 5.58. The third kappa shape index (κ3) is 4.38. The number of halogens is 3. The highest BCUT2D eigenvalue weighted by molar-refractivity contribution is 6.03. The van der Waals surface area contributed by atoms with Gasteiger partial charge in [-0.15, -0.1) is 5.10 Å². The van der Waals surface area contributed by atoms with Crippen molar-refractivity contribution in [1.29, 1.82) is 0 Å². The maximum Gasteiger partial charge on any atom is 0.417 e. The second-order valence-electron chi connectivity index (χ2n) is 9.86. The topological polar surface area (TPSA) is 76.3 Å². The fourth-order valence-electron chi connectivity index (χ4n) is 4.45. The van der Waals surface area contributed by atoms with Crippen molar-refractivity contribution in [2.75, 3.05) is 30.0 Å². The van der Waals surface area contributed by atoms with E-state index in [2.05, 4.69) is 32.5 Å². The number of rotatable bonds is 3. The summed E-state index contributed by atoms with van der Waals surface area (Å²) < 4.78 is 52.7. The van der Waals surface area contributed by atoms with Gasteiger partial charge in [0.25, 0.3) is 0 Å². The van der Waals surface area contributed by atoms with Crippen molar-refractivity contribution in [3.8, 4) is 11.1 Å². The first-order valence-electron chi connectivity index (χ1n) is 11.4. The van der Waals surface area contributed by atoms with Crippen LogP contribution in [0.15, 0.2) is 41.1 Å². The van der Waals surface area contributed by atoms with E-state index < -0.39 is 17.3 Å². The van der Waals surface area contributed by atoms with E-state index >= 15 is 0 Å². The molecule has 0 saturated carbocycles. The summed E-state index contributed by atoms with van der Waals surface area (Å²) in [4.78, 5) is 2.16. The number of nitrogens with one attached hydrogen (secondary N) is 1. The molecule has 0 radical (unpaired) electrons. The number of fused-ring (bicyclic) bond motifs is 2. The van der Waals surface area contributed by atoms with Crippen LogP contribution in [0.2, 0.25) is 0 Å². The Hall–Kier alpha value is -3.40. The summed E-state index contributed by atoms with van der Waals surface area (Å²) >= 11 is 0. The lowest BCUT2D eigenvalue weighted by Gasteiger charge is -2.34. The number of nitrogens with zero attached hydrogens (tertiary/aromatic N) is 4. The molecule has 0 bridgehead atoms. The van der Waals surface area contributed by atoms with Crippen molar-refractivity contribution in [3.05, 3.63) is 42.1 Å². The van der Waals surface area contributed by atoms with Crippen molar-refractivity contribution in [2.24, 2.45) is 0 Å². The Morgan fingerprint density at radius 3 is 2.63 bits per heavy atom. The molecule has 1 saturated heterocycles. The predicted molar refractivity (Wildman–Crippen MR) is 129 cm³/mol. The zero-order valence-electron chi connectivity index (χ0n) is 19.9. The van der Waals surface area contributed by atoms with Gasteiger partial charge < -0.3 is 19.5 Å². The number of alkyl halides is 3. The number of ether oxygens (including phenoxy) is 1. The van der Waals surface area contributed by atoms with Crippen LogP contribution in [0.3, 0.4) is 0 Å². The quantitative estimate of drug-likeness (QED) is 0.388. The Balaban J connectivity index is 1.65. The van der Waals surface area contributed by atoms with Crippen LogP contribution in [0, 0.1) is 0 Å². The van der Waals surface area contributed by atoms with Crippen molar-refractivity contribution >= 4 is 33.4 Å². The average molecular weight is 486 g/mol. The van der Waals surface area contributed by atoms with Crippen molar-refractivity contribution < 1.29 is 22.4 Å². The largest absolute Gasteiger partial charge is 0.417 e. The van der Waals surface area contributed by atoms with Crippen molar-refractivity contribution in [1.82, 2.24) is 15.4 Å². The summed E-state index contributed by atoms with van der Waals surface area (Å²) in [6, 6.07) is 8.34. The van der Waals surface area contributed by atoms with E-state index in [0.29, 0.717) is 30.9 Å². The highest BCUT2D eigenvalue weighted by Gasteiger charge is 2.36. The minimum Gasteiger partial charge on any atom is -0.377 e. The van der Waals surface area contributed by atoms with E-state index in [1.165, 1.54) is 6.07 Å². The molecule has 2 aromatic heterocycles. The maximum atomic E-state index is 13.9. The second kappa shape index (κ2) is 8.37. The molecule has 1 aliphatic heterocycles. The number of anilines is 2. The van der Waals surface area contributed by atoms with Gasteiger partial charge in [0, 0.05) is 28.4 Å². The minimum absolute atomic E-state index is 0.0666. The van der Waals surface area contributed by atoms with Gasteiger partial charge in [-0.25, -0.2) is 0 Å². The predicted octanol–water partition coefficient (Wildman–Crippen LogP) is 5.89. The Bertz CT molecular complexity index is 1390. The molecule has 35 heavy (non-hydrogen) atoms. The van der Waals surface area contributed by atoms with E-state index in [9.17, 15) is 13.2 Å². The van der Waals surface area contributed by atoms with Crippen LogP contribution in [0.5, 0.6) is 0 Å². The summed E-state index contributed by atoms with van der Waals surface area (Å²) in [5.74, 6) is 0.829. The van der Waals surface area contributed by atoms with Crippen LogP contribution in [0.4, 0.5) is 24.8 Å². The average Bonchev–Trinajstić information content (AvgIpc) is 3.19. The second-order valence-corrected chi connectivity index (χ2v) is 9.86. The normalized spacial score (nSPS) is 17.3. The molecular weight excluding hydrogens is 459 g/mol. The van der Waals surface area contributed by atoms with Crippen LogP contribution in [-0.4, -0.2) is 46.7 Å².